The van der Waals surface area contributed by atoms with Crippen LogP contribution in [0, 0.1) is 5.41 Å². The third kappa shape index (κ3) is 4.53. The topological polar surface area (TPSA) is 41.9 Å². The van der Waals surface area contributed by atoms with Crippen LogP contribution in [0.1, 0.15) is 20.8 Å². The first-order chi connectivity index (χ1) is 9.25. The van der Waals surface area contributed by atoms with Gasteiger partial charge in [-0.05, 0) is 24.3 Å². The lowest BCUT2D eigenvalue weighted by atomic mass is 9.89. The number of Topliss-reactive ketones (excluding diaryl/α,β-unsaturated/α-hetero) is 1. The second-order valence-corrected chi connectivity index (χ2v) is 6.01. The number of halogens is 1. The first-order valence-corrected chi connectivity index (χ1v) is 6.74. The van der Waals surface area contributed by atoms with E-state index in [1.165, 1.54) is 0 Å². The number of hydrogen-bond donors (Lipinski definition) is 0. The Morgan fingerprint density at radius 2 is 1.90 bits per heavy atom. The molecule has 1 aromatic carbocycles. The second kappa shape index (κ2) is 6.75. The molecule has 0 aliphatic carbocycles. The predicted molar refractivity (Wildman–Crippen MR) is 82.5 cm³/mol. The van der Waals surface area contributed by atoms with E-state index >= 15 is 0 Å². The number of nitrogens with zero attached hydrogens (tertiary/aromatic N) is 2. The minimum atomic E-state index is -0.722. The van der Waals surface area contributed by atoms with E-state index in [1.807, 2.05) is 20.8 Å². The number of ketones is 1. The van der Waals surface area contributed by atoms with Crippen LogP contribution in [0.25, 0.3) is 0 Å². The molecule has 1 aromatic rings. The van der Waals surface area contributed by atoms with Gasteiger partial charge in [-0.1, -0.05) is 32.4 Å². The summed E-state index contributed by atoms with van der Waals surface area (Å²) in [6, 6.07) is 6.93. The molecule has 20 heavy (non-hydrogen) atoms. The molecule has 0 spiro atoms. The molecule has 1 unspecified atom stereocenters. The lowest BCUT2D eigenvalue weighted by molar-refractivity contribution is -0.138. The van der Waals surface area contributed by atoms with Gasteiger partial charge in [-0.15, -0.1) is 0 Å². The van der Waals surface area contributed by atoms with Gasteiger partial charge in [-0.2, -0.15) is 0 Å². The van der Waals surface area contributed by atoms with Gasteiger partial charge in [-0.3, -0.25) is 9.79 Å². The smallest absolute Gasteiger partial charge is 0.232 e. The van der Waals surface area contributed by atoms with E-state index in [2.05, 4.69) is 4.99 Å². The Morgan fingerprint density at radius 1 is 1.35 bits per heavy atom. The van der Waals surface area contributed by atoms with Crippen molar-refractivity contribution in [2.75, 3.05) is 14.1 Å². The third-order valence-corrected chi connectivity index (χ3v) is 2.94. The fourth-order valence-electron chi connectivity index (χ4n) is 1.58. The van der Waals surface area contributed by atoms with Crippen molar-refractivity contribution >= 4 is 23.7 Å². The summed E-state index contributed by atoms with van der Waals surface area (Å²) < 4.78 is 5.80. The quantitative estimate of drug-likeness (QED) is 0.476. The van der Waals surface area contributed by atoms with Crippen LogP contribution in [0.3, 0.4) is 0 Å². The zero-order chi connectivity index (χ0) is 15.3. The van der Waals surface area contributed by atoms with Crippen LogP contribution in [0.15, 0.2) is 29.3 Å². The maximum absolute atomic E-state index is 12.5. The van der Waals surface area contributed by atoms with E-state index in [0.717, 1.165) is 0 Å². The Bertz CT molecular complexity index is 478. The molecule has 1 rings (SSSR count). The molecule has 0 radical (unpaired) electrons. The Labute approximate surface area is 125 Å². The Balaban J connectivity index is 2.99. The molecule has 0 bridgehead atoms. The van der Waals surface area contributed by atoms with Gasteiger partial charge in [-0.25, -0.2) is 0 Å². The first kappa shape index (κ1) is 16.5. The number of rotatable bonds is 5. The highest BCUT2D eigenvalue weighted by Crippen LogP contribution is 2.23. The largest absolute Gasteiger partial charge is 0.463 e. The molecule has 5 heteroatoms. The summed E-state index contributed by atoms with van der Waals surface area (Å²) >= 11 is 5.84. The number of likely N-dealkylation sites (N-methyl/N-ethyl adjacent to an activating group) is 1. The molecular formula is C15H21ClN2O2. The fraction of sp³-hybridized carbons (Fsp3) is 0.467. The number of aliphatic imine (C=N–C) groups is 1. The monoisotopic (exact) mass is 296 g/mol. The van der Waals surface area contributed by atoms with E-state index in [9.17, 15) is 4.79 Å². The maximum Gasteiger partial charge on any atom is 0.232 e. The van der Waals surface area contributed by atoms with E-state index in [0.29, 0.717) is 10.8 Å². The van der Waals surface area contributed by atoms with Crippen LogP contribution >= 0.6 is 11.6 Å². The molecule has 0 amide bonds. The molecule has 0 aromatic heterocycles. The Morgan fingerprint density at radius 3 is 2.35 bits per heavy atom. The molecule has 110 valence electrons. The van der Waals surface area contributed by atoms with Crippen LogP contribution in [0.5, 0.6) is 5.75 Å². The minimum absolute atomic E-state index is 0.0187. The summed E-state index contributed by atoms with van der Waals surface area (Å²) in [4.78, 5) is 18.1. The van der Waals surface area contributed by atoms with Crippen LogP contribution in [0.4, 0.5) is 0 Å². The van der Waals surface area contributed by atoms with Gasteiger partial charge in [0.2, 0.25) is 6.23 Å². The van der Waals surface area contributed by atoms with Gasteiger partial charge < -0.3 is 9.64 Å². The summed E-state index contributed by atoms with van der Waals surface area (Å²) in [7, 11) is 3.41. The van der Waals surface area contributed by atoms with E-state index in [4.69, 9.17) is 16.3 Å². The van der Waals surface area contributed by atoms with Crippen molar-refractivity contribution in [2.24, 2.45) is 10.4 Å². The lowest BCUT2D eigenvalue weighted by Gasteiger charge is -2.30. The molecule has 4 nitrogen and oxygen atoms in total. The summed E-state index contributed by atoms with van der Waals surface area (Å²) in [5.41, 5.74) is -0.507. The number of benzene rings is 1. The van der Waals surface area contributed by atoms with Gasteiger partial charge in [0, 0.05) is 24.5 Å². The normalized spacial score (nSPS) is 13.3. The zero-order valence-electron chi connectivity index (χ0n) is 12.6. The Kier molecular flexibility index (Phi) is 5.57. The van der Waals surface area contributed by atoms with Gasteiger partial charge in [0.15, 0.2) is 5.78 Å². The van der Waals surface area contributed by atoms with Crippen molar-refractivity contribution < 1.29 is 9.53 Å². The number of hydrogen-bond acceptors (Lipinski definition) is 3. The van der Waals surface area contributed by atoms with Crippen LogP contribution in [-0.2, 0) is 4.79 Å². The highest BCUT2D eigenvalue weighted by Gasteiger charge is 2.33. The van der Waals surface area contributed by atoms with Crippen LogP contribution in [-0.4, -0.2) is 37.3 Å². The van der Waals surface area contributed by atoms with Crippen molar-refractivity contribution in [3.8, 4) is 5.75 Å². The fourth-order valence-corrected chi connectivity index (χ4v) is 1.70. The predicted octanol–water partition coefficient (Wildman–Crippen LogP) is 3.25. The molecule has 0 saturated heterocycles. The second-order valence-electron chi connectivity index (χ2n) is 5.58. The summed E-state index contributed by atoms with van der Waals surface area (Å²) in [6.45, 7) is 5.60. The maximum atomic E-state index is 12.5. The molecular weight excluding hydrogens is 276 g/mol. The van der Waals surface area contributed by atoms with Gasteiger partial charge >= 0.3 is 0 Å². The van der Waals surface area contributed by atoms with Gasteiger partial charge in [0.05, 0.1) is 6.34 Å². The average Bonchev–Trinajstić information content (AvgIpc) is 2.36. The van der Waals surface area contributed by atoms with Crippen LogP contribution in [0.2, 0.25) is 5.02 Å². The van der Waals surface area contributed by atoms with E-state index in [1.54, 1.807) is 49.6 Å². The summed E-state index contributed by atoms with van der Waals surface area (Å²) in [6.07, 6.45) is 0.851. The first-order valence-electron chi connectivity index (χ1n) is 6.36. The number of carbonyl (C=O) groups is 1. The molecule has 0 saturated carbocycles. The molecule has 0 aliphatic rings. The minimum Gasteiger partial charge on any atom is -0.463 e. The SMILES string of the molecule is CN=CN(C)C(Oc1ccc(Cl)cc1)C(=O)C(C)(C)C. The third-order valence-electron chi connectivity index (χ3n) is 2.69. The standard InChI is InChI=1S/C15H21ClN2O2/c1-15(2,3)13(19)14(18(5)10-17-4)20-12-8-6-11(16)7-9-12/h6-10,14H,1-5H3. The number of ether oxygens (including phenoxy) is 1. The lowest BCUT2D eigenvalue weighted by Crippen LogP contribution is -2.47. The van der Waals surface area contributed by atoms with Crippen molar-refractivity contribution in [3.05, 3.63) is 29.3 Å². The number of carbonyl (C=O) groups excluding carboxylic acids is 1. The van der Waals surface area contributed by atoms with E-state index in [-0.39, 0.29) is 5.78 Å². The zero-order valence-corrected chi connectivity index (χ0v) is 13.3. The highest BCUT2D eigenvalue weighted by molar-refractivity contribution is 6.30. The van der Waals surface area contributed by atoms with Crippen molar-refractivity contribution in [1.82, 2.24) is 4.90 Å². The van der Waals surface area contributed by atoms with Crippen LogP contribution < -0.4 is 4.74 Å². The van der Waals surface area contributed by atoms with Crippen molar-refractivity contribution in [3.63, 3.8) is 0 Å². The Hall–Kier alpha value is -1.55. The van der Waals surface area contributed by atoms with E-state index < -0.39 is 11.6 Å². The average molecular weight is 297 g/mol. The highest BCUT2D eigenvalue weighted by atomic mass is 35.5. The summed E-state index contributed by atoms with van der Waals surface area (Å²) in [5, 5.41) is 0.625. The molecule has 0 aliphatic heterocycles. The summed E-state index contributed by atoms with van der Waals surface area (Å²) in [5.74, 6) is 0.572. The molecule has 0 fully saturated rings. The molecule has 1 atom stereocenters. The molecule has 0 N–H and O–H groups in total. The van der Waals surface area contributed by atoms with Crippen molar-refractivity contribution in [1.29, 1.82) is 0 Å². The van der Waals surface area contributed by atoms with Gasteiger partial charge in [0.1, 0.15) is 5.75 Å². The van der Waals surface area contributed by atoms with Crippen molar-refractivity contribution in [2.45, 2.75) is 27.0 Å². The van der Waals surface area contributed by atoms with Gasteiger partial charge in [0.25, 0.3) is 0 Å². The molecule has 0 heterocycles.